The first-order valence-corrected chi connectivity index (χ1v) is 11.8. The van der Waals surface area contributed by atoms with E-state index in [1.165, 1.54) is 10.9 Å². The number of amides is 1. The average molecular weight is 536 g/mol. The Kier molecular flexibility index (Phi) is 6.15. The third kappa shape index (κ3) is 4.70. The van der Waals surface area contributed by atoms with Crippen LogP contribution in [0.1, 0.15) is 42.8 Å². The fourth-order valence-electron chi connectivity index (χ4n) is 3.76. The van der Waals surface area contributed by atoms with Crippen LogP contribution < -0.4 is 5.32 Å². The molecule has 2 N–H and O–H groups in total. The van der Waals surface area contributed by atoms with Crippen molar-refractivity contribution in [3.63, 3.8) is 0 Å². The molecule has 0 saturated heterocycles. The highest BCUT2D eigenvalue weighted by atomic mass is 35.5. The van der Waals surface area contributed by atoms with Crippen LogP contribution >= 0.6 is 11.6 Å². The number of nitrogens with one attached hydrogen (secondary N) is 2. The molecule has 194 valence electrons. The van der Waals surface area contributed by atoms with E-state index < -0.39 is 10.8 Å². The molecule has 5 rings (SSSR count). The summed E-state index contributed by atoms with van der Waals surface area (Å²) in [5.41, 5.74) is 2.69. The van der Waals surface area contributed by atoms with E-state index >= 15 is 0 Å². The second-order valence-corrected chi connectivity index (χ2v) is 10.0. The zero-order valence-electron chi connectivity index (χ0n) is 20.8. The van der Waals surface area contributed by atoms with E-state index in [2.05, 4.69) is 35.5 Å². The number of rotatable bonds is 6. The summed E-state index contributed by atoms with van der Waals surface area (Å²) in [6, 6.07) is 7.15. The number of benzene rings is 1. The van der Waals surface area contributed by atoms with E-state index in [-0.39, 0.29) is 35.1 Å². The Labute approximate surface area is 220 Å². The zero-order valence-corrected chi connectivity index (χ0v) is 21.6. The first-order chi connectivity index (χ1) is 18.0. The minimum absolute atomic E-state index is 0.112. The van der Waals surface area contributed by atoms with Crippen molar-refractivity contribution in [2.24, 2.45) is 7.05 Å². The molecule has 0 aliphatic heterocycles. The highest BCUT2D eigenvalue weighted by Crippen LogP contribution is 2.33. The molecule has 38 heavy (non-hydrogen) atoms. The number of H-pyrrole nitrogens is 1. The molecule has 0 atom stereocenters. The fourth-order valence-corrected chi connectivity index (χ4v) is 4.01. The van der Waals surface area contributed by atoms with Gasteiger partial charge < -0.3 is 14.8 Å². The Morgan fingerprint density at radius 2 is 2.05 bits per heavy atom. The van der Waals surface area contributed by atoms with Crippen LogP contribution in [0.2, 0.25) is 5.02 Å². The van der Waals surface area contributed by atoms with Gasteiger partial charge in [0, 0.05) is 35.8 Å². The molecule has 5 aromatic rings. The average Bonchev–Trinajstić information content (AvgIpc) is 3.60. The maximum atomic E-state index is 12.5. The lowest BCUT2D eigenvalue weighted by molar-refractivity contribution is -0.384. The number of carbonyl (C=O) groups is 1. The molecular weight excluding hydrogens is 514 g/mol. The van der Waals surface area contributed by atoms with E-state index in [1.807, 2.05) is 26.8 Å². The number of aryl methyl sites for hydroxylation is 1. The lowest BCUT2D eigenvalue weighted by Crippen LogP contribution is -2.23. The zero-order chi connectivity index (χ0) is 27.2. The van der Waals surface area contributed by atoms with Gasteiger partial charge in [-0.05, 0) is 23.3 Å². The molecule has 14 heteroatoms. The summed E-state index contributed by atoms with van der Waals surface area (Å²) >= 11 is 6.55. The lowest BCUT2D eigenvalue weighted by atomic mass is 9.96. The van der Waals surface area contributed by atoms with Crippen LogP contribution in [0.5, 0.6) is 0 Å². The third-order valence-corrected chi connectivity index (χ3v) is 6.06. The van der Waals surface area contributed by atoms with Gasteiger partial charge in [0.05, 0.1) is 4.92 Å². The molecule has 0 radical (unpaired) electrons. The molecule has 4 heterocycles. The van der Waals surface area contributed by atoms with Gasteiger partial charge in [0.25, 0.3) is 0 Å². The van der Waals surface area contributed by atoms with Crippen LogP contribution in [0, 0.1) is 10.1 Å². The fraction of sp³-hybridized carbons (Fsp3) is 0.250. The summed E-state index contributed by atoms with van der Waals surface area (Å²) in [6.45, 7) is 5.91. The van der Waals surface area contributed by atoms with E-state index in [0.717, 1.165) is 5.56 Å². The number of nitro groups is 1. The molecule has 1 aromatic carbocycles. The summed E-state index contributed by atoms with van der Waals surface area (Å²) in [5, 5.41) is 22.6. The smallest absolute Gasteiger partial charge is 0.318 e. The Bertz CT molecular complexity index is 1700. The first-order valence-electron chi connectivity index (χ1n) is 11.5. The standard InChI is InChI=1S/C24H22ClN9O4/c1-24(2,3)23-30-22(38-32-23)21(35)27-10-13-6-5-12(9-15(13)25)14-7-8-26-19-17(14)28-20(29-19)18-16(34(36)37)11-33(4)31-18/h5-9,11H,10H2,1-4H3,(H,27,35)(H,26,28,29). The molecule has 0 aliphatic rings. The van der Waals surface area contributed by atoms with Crippen molar-refractivity contribution >= 4 is 34.4 Å². The topological polar surface area (TPSA) is 171 Å². The maximum absolute atomic E-state index is 12.5. The molecule has 0 bridgehead atoms. The van der Waals surface area contributed by atoms with Gasteiger partial charge in [0.2, 0.25) is 5.69 Å². The molecule has 13 nitrogen and oxygen atoms in total. The van der Waals surface area contributed by atoms with Crippen molar-refractivity contribution in [3.8, 4) is 22.6 Å². The van der Waals surface area contributed by atoms with Crippen LogP contribution in [-0.2, 0) is 19.0 Å². The highest BCUT2D eigenvalue weighted by Gasteiger charge is 2.25. The Hall–Kier alpha value is -4.65. The third-order valence-electron chi connectivity index (χ3n) is 5.71. The maximum Gasteiger partial charge on any atom is 0.318 e. The summed E-state index contributed by atoms with van der Waals surface area (Å²) < 4.78 is 6.44. The molecule has 0 spiro atoms. The molecule has 4 aromatic heterocycles. The van der Waals surface area contributed by atoms with Gasteiger partial charge in [-0.3, -0.25) is 19.6 Å². The van der Waals surface area contributed by atoms with Gasteiger partial charge in [0.15, 0.2) is 17.3 Å². The van der Waals surface area contributed by atoms with Gasteiger partial charge in [-0.2, -0.15) is 10.1 Å². The number of aromatic nitrogens is 7. The quantitative estimate of drug-likeness (QED) is 0.239. The number of fused-ring (bicyclic) bond motifs is 1. The van der Waals surface area contributed by atoms with Crippen LogP contribution in [-0.4, -0.2) is 45.7 Å². The number of aromatic amines is 1. The number of nitrogens with zero attached hydrogens (tertiary/aromatic N) is 7. The van der Waals surface area contributed by atoms with Crippen molar-refractivity contribution in [2.75, 3.05) is 0 Å². The van der Waals surface area contributed by atoms with Crippen molar-refractivity contribution < 1.29 is 14.2 Å². The van der Waals surface area contributed by atoms with Crippen molar-refractivity contribution in [1.82, 2.24) is 40.2 Å². The minimum atomic E-state index is -0.511. The summed E-state index contributed by atoms with van der Waals surface area (Å²) in [6.07, 6.45) is 2.92. The molecule has 0 saturated carbocycles. The second-order valence-electron chi connectivity index (χ2n) is 9.60. The van der Waals surface area contributed by atoms with Crippen LogP contribution in [0.4, 0.5) is 5.69 Å². The second kappa shape index (κ2) is 9.34. The van der Waals surface area contributed by atoms with Crippen molar-refractivity contribution in [2.45, 2.75) is 32.7 Å². The first kappa shape index (κ1) is 25.0. The Balaban J connectivity index is 1.39. The molecular formula is C24H22ClN9O4. The molecule has 1 amide bonds. The number of pyridine rings is 1. The Morgan fingerprint density at radius 3 is 2.74 bits per heavy atom. The normalized spacial score (nSPS) is 11.7. The molecule has 0 unspecified atom stereocenters. The monoisotopic (exact) mass is 535 g/mol. The SMILES string of the molecule is Cn1cc([N+](=O)[O-])c(-c2nc3c(-c4ccc(CNC(=O)c5nc(C(C)(C)C)no5)c(Cl)c4)ccnc3[nH]2)n1. The minimum Gasteiger partial charge on any atom is -0.344 e. The largest absolute Gasteiger partial charge is 0.344 e. The van der Waals surface area contributed by atoms with E-state index in [4.69, 9.17) is 16.1 Å². The van der Waals surface area contributed by atoms with Gasteiger partial charge in [0.1, 0.15) is 11.7 Å². The predicted octanol–water partition coefficient (Wildman–Crippen LogP) is 4.20. The number of hydrogen-bond acceptors (Lipinski definition) is 9. The summed E-state index contributed by atoms with van der Waals surface area (Å²) in [5.74, 6) is 0.0437. The molecule has 0 aliphatic carbocycles. The summed E-state index contributed by atoms with van der Waals surface area (Å²) in [4.78, 5) is 39.4. The molecule has 0 fully saturated rings. The number of hydrogen-bond donors (Lipinski definition) is 2. The van der Waals surface area contributed by atoms with Gasteiger partial charge in [-0.15, -0.1) is 0 Å². The summed E-state index contributed by atoms with van der Waals surface area (Å²) in [7, 11) is 1.60. The number of imidazole rings is 1. The Morgan fingerprint density at radius 1 is 1.26 bits per heavy atom. The van der Waals surface area contributed by atoms with E-state index in [1.54, 1.807) is 31.4 Å². The van der Waals surface area contributed by atoms with Crippen molar-refractivity contribution in [3.05, 3.63) is 69.1 Å². The van der Waals surface area contributed by atoms with Gasteiger partial charge >= 0.3 is 17.5 Å². The van der Waals surface area contributed by atoms with Crippen LogP contribution in [0.25, 0.3) is 33.8 Å². The van der Waals surface area contributed by atoms with Gasteiger partial charge in [-0.1, -0.05) is 49.7 Å². The van der Waals surface area contributed by atoms with E-state index in [9.17, 15) is 14.9 Å². The highest BCUT2D eigenvalue weighted by molar-refractivity contribution is 6.31. The van der Waals surface area contributed by atoms with Gasteiger partial charge in [-0.25, -0.2) is 9.97 Å². The van der Waals surface area contributed by atoms with E-state index in [0.29, 0.717) is 33.1 Å². The lowest BCUT2D eigenvalue weighted by Gasteiger charge is -2.10. The van der Waals surface area contributed by atoms with Crippen LogP contribution in [0.3, 0.4) is 0 Å². The van der Waals surface area contributed by atoms with Crippen molar-refractivity contribution in [1.29, 1.82) is 0 Å². The predicted molar refractivity (Wildman–Crippen MR) is 137 cm³/mol. The number of halogens is 1. The number of carbonyl (C=O) groups excluding carboxylic acids is 1. The van der Waals surface area contributed by atoms with Crippen LogP contribution in [0.15, 0.2) is 41.2 Å².